The SMILES string of the molecule is CN=C(NCc1cc(F)ccc1CS(C)(=O)=O)NCc1c(O)ccc2c1CCCC2.I. The highest BCUT2D eigenvalue weighted by molar-refractivity contribution is 14.0. The zero-order valence-corrected chi connectivity index (χ0v) is 20.9. The normalized spacial score (nSPS) is 13.8. The number of fused-ring (bicyclic) bond motifs is 1. The van der Waals surface area contributed by atoms with Gasteiger partial charge in [-0.1, -0.05) is 12.1 Å². The highest BCUT2D eigenvalue weighted by Gasteiger charge is 2.17. The molecule has 3 rings (SSSR count). The Morgan fingerprint density at radius 3 is 2.52 bits per heavy atom. The zero-order valence-electron chi connectivity index (χ0n) is 17.7. The quantitative estimate of drug-likeness (QED) is 0.286. The second-order valence-corrected chi connectivity index (χ2v) is 9.81. The molecular formula is C22H29FIN3O3S. The summed E-state index contributed by atoms with van der Waals surface area (Å²) < 4.78 is 37.0. The van der Waals surface area contributed by atoms with Gasteiger partial charge < -0.3 is 15.7 Å². The van der Waals surface area contributed by atoms with E-state index in [0.717, 1.165) is 37.5 Å². The predicted molar refractivity (Wildman–Crippen MR) is 132 cm³/mol. The van der Waals surface area contributed by atoms with Crippen LogP contribution in [0.2, 0.25) is 0 Å². The fourth-order valence-corrected chi connectivity index (χ4v) is 4.69. The van der Waals surface area contributed by atoms with Gasteiger partial charge in [-0.3, -0.25) is 4.99 Å². The van der Waals surface area contributed by atoms with E-state index in [9.17, 15) is 17.9 Å². The second-order valence-electron chi connectivity index (χ2n) is 7.67. The summed E-state index contributed by atoms with van der Waals surface area (Å²) in [5.41, 5.74) is 4.47. The van der Waals surface area contributed by atoms with Crippen molar-refractivity contribution in [1.29, 1.82) is 0 Å². The molecule has 0 spiro atoms. The van der Waals surface area contributed by atoms with Crippen molar-refractivity contribution in [2.45, 2.75) is 44.5 Å². The standard InChI is InChI=1S/C22H28FN3O3S.HI/c1-24-22(25-12-17-11-18(23)9-7-16(17)14-30(2,28)29)26-13-20-19-6-4-3-5-15(19)8-10-21(20)27;/h7-11,27H,3-6,12-14H2,1-2H3,(H2,24,25,26);1H. The fourth-order valence-electron chi connectivity index (χ4n) is 3.84. The lowest BCUT2D eigenvalue weighted by Crippen LogP contribution is -2.37. The molecule has 0 heterocycles. The van der Waals surface area contributed by atoms with Crippen LogP contribution in [0.1, 0.15) is 40.7 Å². The van der Waals surface area contributed by atoms with Gasteiger partial charge >= 0.3 is 0 Å². The minimum Gasteiger partial charge on any atom is -0.508 e. The van der Waals surface area contributed by atoms with Gasteiger partial charge in [0, 0.05) is 32.0 Å². The van der Waals surface area contributed by atoms with Crippen molar-refractivity contribution in [2.24, 2.45) is 4.99 Å². The molecule has 0 amide bonds. The first kappa shape index (κ1) is 25.4. The van der Waals surface area contributed by atoms with Crippen molar-refractivity contribution in [3.8, 4) is 5.75 Å². The molecule has 0 radical (unpaired) electrons. The maximum atomic E-state index is 13.7. The number of nitrogens with one attached hydrogen (secondary N) is 2. The van der Waals surface area contributed by atoms with Crippen LogP contribution < -0.4 is 10.6 Å². The maximum absolute atomic E-state index is 13.7. The van der Waals surface area contributed by atoms with Crippen LogP contribution in [0.5, 0.6) is 5.75 Å². The Bertz CT molecular complexity index is 1060. The first-order valence-electron chi connectivity index (χ1n) is 9.99. The molecule has 1 aliphatic carbocycles. The minimum atomic E-state index is -3.24. The van der Waals surface area contributed by atoms with Gasteiger partial charge in [-0.2, -0.15) is 0 Å². The predicted octanol–water partition coefficient (Wildman–Crippen LogP) is 3.44. The monoisotopic (exact) mass is 561 g/mol. The summed E-state index contributed by atoms with van der Waals surface area (Å²) in [6.45, 7) is 0.634. The molecule has 6 nitrogen and oxygen atoms in total. The molecule has 170 valence electrons. The van der Waals surface area contributed by atoms with Crippen LogP contribution in [-0.2, 0) is 41.5 Å². The first-order chi connectivity index (χ1) is 14.3. The molecule has 0 bridgehead atoms. The van der Waals surface area contributed by atoms with E-state index >= 15 is 0 Å². The first-order valence-corrected chi connectivity index (χ1v) is 12.0. The number of rotatable bonds is 6. The van der Waals surface area contributed by atoms with E-state index in [1.165, 1.54) is 29.3 Å². The largest absolute Gasteiger partial charge is 0.508 e. The summed E-state index contributed by atoms with van der Waals surface area (Å²) in [4.78, 5) is 4.19. The van der Waals surface area contributed by atoms with Crippen molar-refractivity contribution in [3.63, 3.8) is 0 Å². The Morgan fingerprint density at radius 2 is 1.81 bits per heavy atom. The number of phenols is 1. The number of benzene rings is 2. The molecule has 2 aromatic carbocycles. The third-order valence-corrected chi connectivity index (χ3v) is 6.15. The Kier molecular flexibility index (Phi) is 9.11. The molecular weight excluding hydrogens is 532 g/mol. The molecule has 0 fully saturated rings. The number of guanidine groups is 1. The fraction of sp³-hybridized carbons (Fsp3) is 0.409. The summed E-state index contributed by atoms with van der Waals surface area (Å²) in [6.07, 6.45) is 5.40. The number of hydrogen-bond donors (Lipinski definition) is 3. The van der Waals surface area contributed by atoms with Crippen LogP contribution in [-0.4, -0.2) is 32.8 Å². The molecule has 0 saturated carbocycles. The number of phenolic OH excluding ortho intramolecular Hbond substituents is 1. The van der Waals surface area contributed by atoms with Gasteiger partial charge in [-0.15, -0.1) is 24.0 Å². The molecule has 3 N–H and O–H groups in total. The average Bonchev–Trinajstić information content (AvgIpc) is 2.70. The van der Waals surface area contributed by atoms with Crippen molar-refractivity contribution < 1.29 is 17.9 Å². The van der Waals surface area contributed by atoms with Gasteiger partial charge in [-0.05, 0) is 66.1 Å². The third-order valence-electron chi connectivity index (χ3n) is 5.31. The number of sulfone groups is 1. The highest BCUT2D eigenvalue weighted by atomic mass is 127. The summed E-state index contributed by atoms with van der Waals surface area (Å²) in [5.74, 6) is 0.171. The van der Waals surface area contributed by atoms with E-state index in [4.69, 9.17) is 0 Å². The number of nitrogens with zero attached hydrogens (tertiary/aromatic N) is 1. The topological polar surface area (TPSA) is 90.8 Å². The molecule has 1 aliphatic rings. The van der Waals surface area contributed by atoms with Crippen LogP contribution in [0.3, 0.4) is 0 Å². The van der Waals surface area contributed by atoms with Gasteiger partial charge in [0.2, 0.25) is 0 Å². The van der Waals surface area contributed by atoms with Crippen LogP contribution in [0, 0.1) is 5.82 Å². The summed E-state index contributed by atoms with van der Waals surface area (Å²) >= 11 is 0. The molecule has 2 aromatic rings. The number of hydrogen-bond acceptors (Lipinski definition) is 4. The van der Waals surface area contributed by atoms with Gasteiger partial charge in [0.15, 0.2) is 15.8 Å². The van der Waals surface area contributed by atoms with E-state index in [2.05, 4.69) is 15.6 Å². The molecule has 31 heavy (non-hydrogen) atoms. The molecule has 0 saturated heterocycles. The third kappa shape index (κ3) is 7.06. The van der Waals surface area contributed by atoms with Gasteiger partial charge in [0.25, 0.3) is 0 Å². The minimum absolute atomic E-state index is 0. The van der Waals surface area contributed by atoms with Gasteiger partial charge in [0.1, 0.15) is 11.6 Å². The van der Waals surface area contributed by atoms with Crippen molar-refractivity contribution in [3.05, 3.63) is 64.0 Å². The highest BCUT2D eigenvalue weighted by Crippen LogP contribution is 2.30. The van der Waals surface area contributed by atoms with Crippen molar-refractivity contribution in [2.75, 3.05) is 13.3 Å². The Labute approximate surface area is 200 Å². The zero-order chi connectivity index (χ0) is 21.7. The lowest BCUT2D eigenvalue weighted by Gasteiger charge is -2.21. The van der Waals surface area contributed by atoms with Crippen LogP contribution in [0.25, 0.3) is 0 Å². The molecule has 0 unspecified atom stereocenters. The van der Waals surface area contributed by atoms with Gasteiger partial charge in [0.05, 0.1) is 5.75 Å². The number of halogens is 2. The van der Waals surface area contributed by atoms with Crippen LogP contribution >= 0.6 is 24.0 Å². The van der Waals surface area contributed by atoms with Crippen LogP contribution in [0.4, 0.5) is 4.39 Å². The molecule has 0 atom stereocenters. The lowest BCUT2D eigenvalue weighted by atomic mass is 9.88. The van der Waals surface area contributed by atoms with E-state index < -0.39 is 15.7 Å². The van der Waals surface area contributed by atoms with E-state index in [1.54, 1.807) is 13.1 Å². The molecule has 0 aliphatic heterocycles. The average molecular weight is 561 g/mol. The number of aliphatic imine (C=N–C) groups is 1. The van der Waals surface area contributed by atoms with E-state index in [0.29, 0.717) is 23.6 Å². The van der Waals surface area contributed by atoms with Crippen LogP contribution in [0.15, 0.2) is 35.3 Å². The molecule has 0 aromatic heterocycles. The lowest BCUT2D eigenvalue weighted by molar-refractivity contribution is 0.464. The van der Waals surface area contributed by atoms with E-state index in [-0.39, 0.29) is 42.0 Å². The van der Waals surface area contributed by atoms with Gasteiger partial charge in [-0.25, -0.2) is 12.8 Å². The number of aryl methyl sites for hydroxylation is 1. The van der Waals surface area contributed by atoms with Crippen molar-refractivity contribution in [1.82, 2.24) is 10.6 Å². The summed E-state index contributed by atoms with van der Waals surface area (Å²) in [6, 6.07) is 7.83. The Hall–Kier alpha value is -1.88. The summed E-state index contributed by atoms with van der Waals surface area (Å²) in [7, 11) is -1.62. The second kappa shape index (κ2) is 11.1. The Balaban J connectivity index is 0.00000341. The summed E-state index contributed by atoms with van der Waals surface area (Å²) in [5, 5.41) is 16.6. The molecule has 9 heteroatoms. The maximum Gasteiger partial charge on any atom is 0.191 e. The Morgan fingerprint density at radius 1 is 1.10 bits per heavy atom. The van der Waals surface area contributed by atoms with Crippen molar-refractivity contribution >= 4 is 39.8 Å². The smallest absolute Gasteiger partial charge is 0.191 e. The van der Waals surface area contributed by atoms with E-state index in [1.807, 2.05) is 6.07 Å². The number of aromatic hydroxyl groups is 1.